The molecule has 212 valence electrons. The van der Waals surface area contributed by atoms with E-state index in [0.717, 1.165) is 38.8 Å². The lowest BCUT2D eigenvalue weighted by molar-refractivity contribution is 0.451. The molecular formula is C31H44N4O4. The van der Waals surface area contributed by atoms with Crippen molar-refractivity contribution >= 4 is 5.95 Å². The minimum Gasteiger partial charge on any atom is -0.508 e. The van der Waals surface area contributed by atoms with Crippen LogP contribution in [0.15, 0.2) is 36.4 Å². The van der Waals surface area contributed by atoms with Crippen molar-refractivity contribution in [2.24, 2.45) is 0 Å². The second kappa shape index (κ2) is 15.8. The van der Waals surface area contributed by atoms with Crippen LogP contribution in [0.25, 0.3) is 22.8 Å². The van der Waals surface area contributed by atoms with Crippen molar-refractivity contribution in [3.8, 4) is 45.8 Å². The Balaban J connectivity index is 1.94. The van der Waals surface area contributed by atoms with Gasteiger partial charge in [-0.2, -0.15) is 9.97 Å². The number of benzene rings is 2. The van der Waals surface area contributed by atoms with Crippen LogP contribution in [0.3, 0.4) is 0 Å². The fraction of sp³-hybridized carbons (Fsp3) is 0.516. The molecule has 4 N–H and O–H groups in total. The van der Waals surface area contributed by atoms with Crippen LogP contribution in [0.2, 0.25) is 0 Å². The van der Waals surface area contributed by atoms with Crippen molar-refractivity contribution in [2.45, 2.75) is 90.9 Å². The number of anilines is 1. The molecule has 2 aromatic carbocycles. The van der Waals surface area contributed by atoms with E-state index >= 15 is 0 Å². The summed E-state index contributed by atoms with van der Waals surface area (Å²) in [6.45, 7) is 6.03. The number of aromatic hydroxyl groups is 4. The van der Waals surface area contributed by atoms with E-state index in [4.69, 9.17) is 9.97 Å². The first-order chi connectivity index (χ1) is 18.9. The summed E-state index contributed by atoms with van der Waals surface area (Å²) in [5.74, 6) is 0.561. The molecule has 3 rings (SSSR count). The van der Waals surface area contributed by atoms with E-state index < -0.39 is 0 Å². The van der Waals surface area contributed by atoms with Gasteiger partial charge in [0, 0.05) is 25.2 Å². The van der Waals surface area contributed by atoms with Gasteiger partial charge in [0.2, 0.25) is 5.95 Å². The summed E-state index contributed by atoms with van der Waals surface area (Å²) in [5, 5.41) is 40.7. The number of hydrogen-bond donors (Lipinski definition) is 4. The lowest BCUT2D eigenvalue weighted by atomic mass is 10.1. The topological polar surface area (TPSA) is 123 Å². The summed E-state index contributed by atoms with van der Waals surface area (Å²) < 4.78 is 0. The van der Waals surface area contributed by atoms with Gasteiger partial charge < -0.3 is 25.3 Å². The van der Waals surface area contributed by atoms with Gasteiger partial charge in [-0.05, 0) is 37.1 Å². The molecule has 39 heavy (non-hydrogen) atoms. The van der Waals surface area contributed by atoms with E-state index in [0.29, 0.717) is 17.1 Å². The van der Waals surface area contributed by atoms with Crippen LogP contribution >= 0.6 is 0 Å². The number of hydrogen-bond acceptors (Lipinski definition) is 8. The summed E-state index contributed by atoms with van der Waals surface area (Å²) in [5.41, 5.74) is 0.713. The molecular weight excluding hydrogens is 492 g/mol. The first kappa shape index (κ1) is 30.0. The Morgan fingerprint density at radius 2 is 0.949 bits per heavy atom. The highest BCUT2D eigenvalue weighted by Crippen LogP contribution is 2.35. The second-order valence-electron chi connectivity index (χ2n) is 10.2. The first-order valence-corrected chi connectivity index (χ1v) is 14.5. The number of unbranched alkanes of at least 4 members (excludes halogenated alkanes) is 10. The van der Waals surface area contributed by atoms with Crippen molar-refractivity contribution in [1.82, 2.24) is 15.0 Å². The minimum atomic E-state index is -0.147. The van der Waals surface area contributed by atoms with Gasteiger partial charge in [0.15, 0.2) is 11.6 Å². The molecule has 0 aliphatic rings. The first-order valence-electron chi connectivity index (χ1n) is 14.5. The van der Waals surface area contributed by atoms with Crippen LogP contribution in [-0.2, 0) is 0 Å². The highest BCUT2D eigenvalue weighted by molar-refractivity contribution is 5.71. The van der Waals surface area contributed by atoms with Crippen LogP contribution in [0, 0.1) is 0 Å². The molecule has 8 heteroatoms. The molecule has 0 fully saturated rings. The quantitative estimate of drug-likeness (QED) is 0.130. The lowest BCUT2D eigenvalue weighted by Gasteiger charge is -2.24. The van der Waals surface area contributed by atoms with E-state index in [9.17, 15) is 20.4 Å². The number of rotatable bonds is 17. The smallest absolute Gasteiger partial charge is 0.229 e. The fourth-order valence-corrected chi connectivity index (χ4v) is 4.64. The monoisotopic (exact) mass is 536 g/mol. The molecule has 8 nitrogen and oxygen atoms in total. The molecule has 0 radical (unpaired) electrons. The van der Waals surface area contributed by atoms with Crippen molar-refractivity contribution in [3.05, 3.63) is 36.4 Å². The minimum absolute atomic E-state index is 0.0605. The number of aromatic nitrogens is 3. The number of nitrogens with zero attached hydrogens (tertiary/aromatic N) is 4. The molecule has 1 aromatic heterocycles. The Morgan fingerprint density at radius 1 is 0.538 bits per heavy atom. The van der Waals surface area contributed by atoms with Gasteiger partial charge in [0.25, 0.3) is 0 Å². The summed E-state index contributed by atoms with van der Waals surface area (Å²) in [4.78, 5) is 16.3. The Morgan fingerprint density at radius 3 is 1.36 bits per heavy atom. The molecule has 0 spiro atoms. The number of phenols is 4. The maximum absolute atomic E-state index is 10.6. The maximum Gasteiger partial charge on any atom is 0.229 e. The van der Waals surface area contributed by atoms with E-state index in [2.05, 4.69) is 23.7 Å². The SMILES string of the molecule is CCCCCCCCN(CCCCCCCC)c1nc(-c2ccc(O)cc2O)nc(-c2ccc(O)cc2O)n1. The fourth-order valence-electron chi connectivity index (χ4n) is 4.64. The molecule has 0 aliphatic carbocycles. The molecule has 0 amide bonds. The molecule has 0 saturated heterocycles. The largest absolute Gasteiger partial charge is 0.508 e. The van der Waals surface area contributed by atoms with Crippen molar-refractivity contribution in [2.75, 3.05) is 18.0 Å². The van der Waals surface area contributed by atoms with Crippen LogP contribution in [0.1, 0.15) is 90.9 Å². The highest BCUT2D eigenvalue weighted by Gasteiger charge is 2.19. The highest BCUT2D eigenvalue weighted by atomic mass is 16.3. The van der Waals surface area contributed by atoms with E-state index in [1.54, 1.807) is 12.1 Å². The van der Waals surface area contributed by atoms with Crippen LogP contribution < -0.4 is 4.90 Å². The lowest BCUT2D eigenvalue weighted by Crippen LogP contribution is -2.28. The van der Waals surface area contributed by atoms with Crippen LogP contribution in [0.4, 0.5) is 5.95 Å². The van der Waals surface area contributed by atoms with Crippen molar-refractivity contribution < 1.29 is 20.4 Å². The molecule has 1 heterocycles. The average molecular weight is 537 g/mol. The average Bonchev–Trinajstić information content (AvgIpc) is 2.91. The molecule has 0 saturated carbocycles. The van der Waals surface area contributed by atoms with Gasteiger partial charge in [-0.3, -0.25) is 0 Å². The van der Waals surface area contributed by atoms with Crippen LogP contribution in [-0.4, -0.2) is 48.5 Å². The van der Waals surface area contributed by atoms with Gasteiger partial charge in [-0.15, -0.1) is 0 Å². The van der Waals surface area contributed by atoms with Crippen molar-refractivity contribution in [1.29, 1.82) is 0 Å². The van der Waals surface area contributed by atoms with Crippen LogP contribution in [0.5, 0.6) is 23.0 Å². The standard InChI is InChI=1S/C31H44N4O4/c1-3-5-7-9-11-13-19-35(20-14-12-10-8-6-4-2)31-33-29(25-17-15-23(36)21-27(25)38)32-30(34-31)26-18-16-24(37)22-28(26)39/h15-18,21-22,36-39H,3-14,19-20H2,1-2H3. The molecule has 0 atom stereocenters. The molecule has 0 unspecified atom stereocenters. The molecule has 0 bridgehead atoms. The Hall–Kier alpha value is -3.55. The molecule has 3 aromatic rings. The van der Waals surface area contributed by atoms with Gasteiger partial charge >= 0.3 is 0 Å². The summed E-state index contributed by atoms with van der Waals surface area (Å²) in [6, 6.07) is 8.58. The normalized spacial score (nSPS) is 11.1. The van der Waals surface area contributed by atoms with Crippen molar-refractivity contribution in [3.63, 3.8) is 0 Å². The Bertz CT molecular complexity index is 1090. The van der Waals surface area contributed by atoms with E-state index in [-0.39, 0.29) is 34.6 Å². The zero-order valence-corrected chi connectivity index (χ0v) is 23.4. The van der Waals surface area contributed by atoms with Gasteiger partial charge in [-0.25, -0.2) is 4.98 Å². The summed E-state index contributed by atoms with van der Waals surface area (Å²) >= 11 is 0. The van der Waals surface area contributed by atoms with E-state index in [1.165, 1.54) is 75.6 Å². The third-order valence-corrected chi connectivity index (χ3v) is 6.91. The predicted octanol–water partition coefficient (Wildman–Crippen LogP) is 7.56. The summed E-state index contributed by atoms with van der Waals surface area (Å²) in [6.07, 6.45) is 14.2. The third kappa shape index (κ3) is 9.30. The molecule has 0 aliphatic heterocycles. The Labute approximate surface area is 232 Å². The zero-order chi connectivity index (χ0) is 28.0. The number of phenolic OH excluding ortho intramolecular Hbond substituents is 4. The maximum atomic E-state index is 10.6. The van der Waals surface area contributed by atoms with Gasteiger partial charge in [0.05, 0.1) is 11.1 Å². The van der Waals surface area contributed by atoms with Gasteiger partial charge in [0.1, 0.15) is 23.0 Å². The third-order valence-electron chi connectivity index (χ3n) is 6.91. The van der Waals surface area contributed by atoms with Gasteiger partial charge in [-0.1, -0.05) is 78.1 Å². The van der Waals surface area contributed by atoms with E-state index in [1.807, 2.05) is 0 Å². The zero-order valence-electron chi connectivity index (χ0n) is 23.4. The second-order valence-corrected chi connectivity index (χ2v) is 10.2. The predicted molar refractivity (Wildman–Crippen MR) is 156 cm³/mol. The Kier molecular flexibility index (Phi) is 12.1. The summed E-state index contributed by atoms with van der Waals surface area (Å²) in [7, 11) is 0.